The molecule has 0 heterocycles. The number of hydrogen-bond acceptors (Lipinski definition) is 0. The lowest BCUT2D eigenvalue weighted by Crippen LogP contribution is -1.81. The lowest BCUT2D eigenvalue weighted by Gasteiger charge is -2.00. The van der Waals surface area contributed by atoms with Crippen LogP contribution in [0.5, 0.6) is 0 Å². The monoisotopic (exact) mass is 224 g/mol. The van der Waals surface area contributed by atoms with E-state index in [1.54, 1.807) is 0 Å². The van der Waals surface area contributed by atoms with E-state index in [1.807, 2.05) is 6.08 Å². The number of unbranched alkanes of at least 4 members (excludes halogenated alkanes) is 10. The summed E-state index contributed by atoms with van der Waals surface area (Å²) in [4.78, 5) is 0. The van der Waals surface area contributed by atoms with Gasteiger partial charge in [0.25, 0.3) is 0 Å². The summed E-state index contributed by atoms with van der Waals surface area (Å²) < 4.78 is 0. The SMILES string of the molecule is C=C.C=CCCCCCCCCCCCC. The van der Waals surface area contributed by atoms with Crippen molar-refractivity contribution >= 4 is 0 Å². The van der Waals surface area contributed by atoms with Gasteiger partial charge in [-0.25, -0.2) is 0 Å². The van der Waals surface area contributed by atoms with Crippen molar-refractivity contribution in [1.82, 2.24) is 0 Å². The predicted octanol–water partition coefficient (Wildman–Crippen LogP) is 6.29. The van der Waals surface area contributed by atoms with Crippen molar-refractivity contribution in [3.8, 4) is 0 Å². The molecule has 0 aromatic rings. The normalized spacial score (nSPS) is 9.31. The topological polar surface area (TPSA) is 0 Å². The molecule has 0 fully saturated rings. The summed E-state index contributed by atoms with van der Waals surface area (Å²) in [7, 11) is 0. The van der Waals surface area contributed by atoms with Gasteiger partial charge in [-0.15, -0.1) is 19.7 Å². The summed E-state index contributed by atoms with van der Waals surface area (Å²) in [5, 5.41) is 0. The minimum Gasteiger partial charge on any atom is -0.106 e. The first-order valence-corrected chi connectivity index (χ1v) is 7.02. The summed E-state index contributed by atoms with van der Waals surface area (Å²) in [6.07, 6.45) is 17.5. The molecule has 0 rings (SSSR count). The first-order chi connectivity index (χ1) is 7.91. The van der Waals surface area contributed by atoms with Crippen LogP contribution in [-0.4, -0.2) is 0 Å². The maximum atomic E-state index is 3.74. The molecule has 0 aliphatic heterocycles. The standard InChI is InChI=1S/C14H28.C2H4/c1-3-5-7-9-11-13-14-12-10-8-6-4-2;1-2/h3H,1,4-14H2,2H3;1-2H2. The Bertz CT molecular complexity index is 115. The number of rotatable bonds is 11. The summed E-state index contributed by atoms with van der Waals surface area (Å²) in [6, 6.07) is 0. The number of allylic oxidation sites excluding steroid dienone is 1. The van der Waals surface area contributed by atoms with Gasteiger partial charge in [0.15, 0.2) is 0 Å². The van der Waals surface area contributed by atoms with Crippen molar-refractivity contribution in [2.75, 3.05) is 0 Å². The first kappa shape index (κ1) is 17.9. The first-order valence-electron chi connectivity index (χ1n) is 7.02. The van der Waals surface area contributed by atoms with Crippen LogP contribution in [0.4, 0.5) is 0 Å². The molecule has 0 saturated heterocycles. The highest BCUT2D eigenvalue weighted by Crippen LogP contribution is 2.11. The van der Waals surface area contributed by atoms with Crippen LogP contribution in [0.15, 0.2) is 25.8 Å². The van der Waals surface area contributed by atoms with E-state index in [0.29, 0.717) is 0 Å². The van der Waals surface area contributed by atoms with Gasteiger partial charge in [-0.1, -0.05) is 70.8 Å². The molecular weight excluding hydrogens is 192 g/mol. The molecule has 0 atom stereocenters. The van der Waals surface area contributed by atoms with Crippen LogP contribution in [0.3, 0.4) is 0 Å². The van der Waals surface area contributed by atoms with Crippen molar-refractivity contribution in [3.05, 3.63) is 25.8 Å². The van der Waals surface area contributed by atoms with Crippen LogP contribution in [0.1, 0.15) is 77.6 Å². The Morgan fingerprint density at radius 3 is 1.44 bits per heavy atom. The highest BCUT2D eigenvalue weighted by Gasteiger charge is 1.91. The van der Waals surface area contributed by atoms with Crippen LogP contribution >= 0.6 is 0 Å². The molecule has 0 amide bonds. The molecule has 0 N–H and O–H groups in total. The molecule has 0 nitrogen and oxygen atoms in total. The van der Waals surface area contributed by atoms with Gasteiger partial charge in [0.05, 0.1) is 0 Å². The Balaban J connectivity index is 0. The fourth-order valence-corrected chi connectivity index (χ4v) is 1.78. The van der Waals surface area contributed by atoms with Crippen molar-refractivity contribution in [2.24, 2.45) is 0 Å². The average molecular weight is 224 g/mol. The van der Waals surface area contributed by atoms with Crippen molar-refractivity contribution < 1.29 is 0 Å². The minimum absolute atomic E-state index is 1.20. The average Bonchev–Trinajstić information content (AvgIpc) is 2.34. The molecule has 0 radical (unpaired) electrons. The molecule has 0 heteroatoms. The second kappa shape index (κ2) is 20.0. The third-order valence-electron chi connectivity index (χ3n) is 2.76. The lowest BCUT2D eigenvalue weighted by atomic mass is 10.1. The van der Waals surface area contributed by atoms with Gasteiger partial charge in [0.1, 0.15) is 0 Å². The molecule has 0 aliphatic carbocycles. The van der Waals surface area contributed by atoms with Crippen LogP contribution in [0.25, 0.3) is 0 Å². The van der Waals surface area contributed by atoms with Gasteiger partial charge >= 0.3 is 0 Å². The van der Waals surface area contributed by atoms with Crippen LogP contribution in [0, 0.1) is 0 Å². The van der Waals surface area contributed by atoms with Gasteiger partial charge in [0.2, 0.25) is 0 Å². The predicted molar refractivity (Wildman–Crippen MR) is 77.9 cm³/mol. The third kappa shape index (κ3) is 19.1. The van der Waals surface area contributed by atoms with E-state index in [2.05, 4.69) is 26.7 Å². The van der Waals surface area contributed by atoms with Crippen LogP contribution < -0.4 is 0 Å². The molecule has 0 aliphatic rings. The van der Waals surface area contributed by atoms with E-state index in [-0.39, 0.29) is 0 Å². The Kier molecular flexibility index (Phi) is 22.3. The summed E-state index contributed by atoms with van der Waals surface area (Å²) in [5.41, 5.74) is 0. The quantitative estimate of drug-likeness (QED) is 0.286. The molecule has 0 aromatic heterocycles. The highest BCUT2D eigenvalue weighted by atomic mass is 14.0. The Morgan fingerprint density at radius 2 is 1.06 bits per heavy atom. The van der Waals surface area contributed by atoms with Gasteiger partial charge in [-0.3, -0.25) is 0 Å². The zero-order valence-electron chi connectivity index (χ0n) is 11.5. The zero-order valence-corrected chi connectivity index (χ0v) is 11.5. The van der Waals surface area contributed by atoms with E-state index in [1.165, 1.54) is 70.6 Å². The second-order valence-corrected chi connectivity index (χ2v) is 4.26. The van der Waals surface area contributed by atoms with Crippen molar-refractivity contribution in [1.29, 1.82) is 0 Å². The summed E-state index contributed by atoms with van der Waals surface area (Å²) in [6.45, 7) is 12.0. The molecular formula is C16H32. The van der Waals surface area contributed by atoms with E-state index in [4.69, 9.17) is 0 Å². The fourth-order valence-electron chi connectivity index (χ4n) is 1.78. The Morgan fingerprint density at radius 1 is 0.688 bits per heavy atom. The molecule has 0 aromatic carbocycles. The maximum Gasteiger partial charge on any atom is -0.0353 e. The molecule has 96 valence electrons. The molecule has 0 unspecified atom stereocenters. The highest BCUT2D eigenvalue weighted by molar-refractivity contribution is 4.65. The van der Waals surface area contributed by atoms with Gasteiger partial charge in [-0.05, 0) is 12.8 Å². The van der Waals surface area contributed by atoms with Crippen LogP contribution in [0.2, 0.25) is 0 Å². The van der Waals surface area contributed by atoms with Gasteiger partial charge < -0.3 is 0 Å². The van der Waals surface area contributed by atoms with Crippen LogP contribution in [-0.2, 0) is 0 Å². The molecule has 0 spiro atoms. The largest absolute Gasteiger partial charge is 0.106 e. The van der Waals surface area contributed by atoms with Gasteiger partial charge in [-0.2, -0.15) is 0 Å². The van der Waals surface area contributed by atoms with E-state index in [0.717, 1.165) is 0 Å². The lowest BCUT2D eigenvalue weighted by molar-refractivity contribution is 0.558. The van der Waals surface area contributed by atoms with Gasteiger partial charge in [0, 0.05) is 0 Å². The summed E-state index contributed by atoms with van der Waals surface area (Å²) in [5.74, 6) is 0. The Hall–Kier alpha value is -0.520. The fraction of sp³-hybridized carbons (Fsp3) is 0.750. The molecule has 16 heavy (non-hydrogen) atoms. The molecule has 0 saturated carbocycles. The van der Waals surface area contributed by atoms with Crippen molar-refractivity contribution in [2.45, 2.75) is 77.6 Å². The smallest absolute Gasteiger partial charge is 0.0353 e. The van der Waals surface area contributed by atoms with E-state index >= 15 is 0 Å². The van der Waals surface area contributed by atoms with E-state index in [9.17, 15) is 0 Å². The van der Waals surface area contributed by atoms with Crippen molar-refractivity contribution in [3.63, 3.8) is 0 Å². The second-order valence-electron chi connectivity index (χ2n) is 4.26. The number of hydrogen-bond donors (Lipinski definition) is 0. The zero-order chi connectivity index (χ0) is 12.5. The summed E-state index contributed by atoms with van der Waals surface area (Å²) >= 11 is 0. The van der Waals surface area contributed by atoms with E-state index < -0.39 is 0 Å². The Labute approximate surface area is 104 Å². The minimum atomic E-state index is 1.20. The maximum absolute atomic E-state index is 3.74. The molecule has 0 bridgehead atoms. The third-order valence-corrected chi connectivity index (χ3v) is 2.76.